The van der Waals surface area contributed by atoms with Crippen molar-refractivity contribution in [2.75, 3.05) is 6.54 Å². The van der Waals surface area contributed by atoms with Gasteiger partial charge in [-0.15, -0.1) is 0 Å². The molecule has 3 heteroatoms. The molecule has 1 amide bonds. The minimum Gasteiger partial charge on any atom is -0.493 e. The number of hydrogen-bond acceptors (Lipinski definition) is 1. The maximum atomic E-state index is 10.9. The summed E-state index contributed by atoms with van der Waals surface area (Å²) >= 11 is 0. The summed E-state index contributed by atoms with van der Waals surface area (Å²) in [5.41, 5.74) is 0. The van der Waals surface area contributed by atoms with Crippen molar-refractivity contribution in [2.24, 2.45) is 0 Å². The molecule has 56 valence electrons. The van der Waals surface area contributed by atoms with E-state index in [1.165, 1.54) is 0 Å². The van der Waals surface area contributed by atoms with E-state index in [1.807, 2.05) is 18.4 Å². The van der Waals surface area contributed by atoms with E-state index in [0.717, 1.165) is 19.4 Å². The quantitative estimate of drug-likeness (QED) is 0.640. The van der Waals surface area contributed by atoms with Gasteiger partial charge in [-0.05, 0) is 6.54 Å². The Hall–Kier alpha value is 0.522. The summed E-state index contributed by atoms with van der Waals surface area (Å²) in [5, 5.41) is 0. The van der Waals surface area contributed by atoms with Crippen LogP contribution in [0.2, 0.25) is 0 Å². The minimum atomic E-state index is 0. The Kier molecular flexibility index (Phi) is 5.48. The molecule has 10 heavy (non-hydrogen) atoms. The van der Waals surface area contributed by atoms with E-state index in [0.29, 0.717) is 6.42 Å². The molecule has 0 aromatic heterocycles. The fourth-order valence-corrected chi connectivity index (χ4v) is 1.03. The summed E-state index contributed by atoms with van der Waals surface area (Å²) in [7, 11) is 0. The molecule has 2 nitrogen and oxygen atoms in total. The van der Waals surface area contributed by atoms with Gasteiger partial charge in [-0.2, -0.15) is 6.42 Å². The van der Waals surface area contributed by atoms with Gasteiger partial charge in [0, 0.05) is 37.5 Å². The second-order valence-electron chi connectivity index (χ2n) is 2.27. The average molecular weight is 364 g/mol. The third-order valence-corrected chi connectivity index (χ3v) is 1.58. The first-order valence-corrected chi connectivity index (χ1v) is 3.47. The van der Waals surface area contributed by atoms with Gasteiger partial charge < -0.3 is 4.90 Å². The monoisotopic (exact) mass is 364 g/mol. The predicted octanol–water partition coefficient (Wildman–Crippen LogP) is 1.18. The molecule has 0 bridgehead atoms. The predicted molar refractivity (Wildman–Crippen MR) is 35.5 cm³/mol. The molecule has 1 rings (SSSR count). The zero-order valence-corrected chi connectivity index (χ0v) is 10.4. The van der Waals surface area contributed by atoms with Crippen molar-refractivity contribution in [2.45, 2.75) is 26.2 Å². The first-order valence-electron chi connectivity index (χ1n) is 3.47. The van der Waals surface area contributed by atoms with Crippen LogP contribution in [0.5, 0.6) is 0 Å². The van der Waals surface area contributed by atoms with Gasteiger partial charge >= 0.3 is 0 Å². The summed E-state index contributed by atoms with van der Waals surface area (Å²) < 4.78 is 0. The molecule has 1 heterocycles. The van der Waals surface area contributed by atoms with E-state index in [4.69, 9.17) is 0 Å². The Balaban J connectivity index is 0.000000810. The first-order chi connectivity index (χ1) is 4.34. The number of hydrogen-bond donors (Lipinski definition) is 0. The fourth-order valence-electron chi connectivity index (χ4n) is 1.03. The molecule has 1 fully saturated rings. The topological polar surface area (TPSA) is 20.3 Å². The molecule has 1 saturated heterocycles. The summed E-state index contributed by atoms with van der Waals surface area (Å²) in [6.07, 6.45) is 2.86. The number of nitrogens with zero attached hydrogens (tertiary/aromatic N) is 1. The Bertz CT molecular complexity index is 110. The molecule has 0 atom stereocenters. The van der Waals surface area contributed by atoms with Gasteiger partial charge in [-0.25, -0.2) is 6.54 Å². The summed E-state index contributed by atoms with van der Waals surface area (Å²) in [6, 6.07) is 0. The first kappa shape index (κ1) is 10.5. The van der Waals surface area contributed by atoms with Crippen LogP contribution in [0.3, 0.4) is 0 Å². The molecule has 1 aliphatic heterocycles. The maximum Gasteiger partial charge on any atom is 0.193 e. The van der Waals surface area contributed by atoms with Crippen LogP contribution in [0.25, 0.3) is 0 Å². The second-order valence-corrected chi connectivity index (χ2v) is 2.27. The standard InChI is InChI=1S/C7H12NO.U/c1-2-7(9)8-5-3-4-6-8;/h5H,2-4,6H2,1H3;/q-1;. The molecule has 0 spiro atoms. The van der Waals surface area contributed by atoms with Crippen LogP contribution in [-0.2, 0) is 4.79 Å². The van der Waals surface area contributed by atoms with Crippen molar-refractivity contribution in [1.82, 2.24) is 4.90 Å². The van der Waals surface area contributed by atoms with Gasteiger partial charge in [0.15, 0.2) is 5.91 Å². The Morgan fingerprint density at radius 3 is 2.80 bits per heavy atom. The molecule has 0 aromatic carbocycles. The van der Waals surface area contributed by atoms with Gasteiger partial charge in [0.25, 0.3) is 0 Å². The maximum absolute atomic E-state index is 10.9. The zero-order chi connectivity index (χ0) is 6.69. The second kappa shape index (κ2) is 5.21. The molecule has 0 aliphatic carbocycles. The van der Waals surface area contributed by atoms with Crippen LogP contribution >= 0.6 is 0 Å². The molecule has 0 saturated carbocycles. The summed E-state index contributed by atoms with van der Waals surface area (Å²) in [4.78, 5) is 12.7. The van der Waals surface area contributed by atoms with Crippen LogP contribution in [0.15, 0.2) is 0 Å². The van der Waals surface area contributed by atoms with Crippen LogP contribution in [0, 0.1) is 37.7 Å². The number of rotatable bonds is 1. The minimum absolute atomic E-state index is 0. The van der Waals surface area contributed by atoms with E-state index < -0.39 is 0 Å². The van der Waals surface area contributed by atoms with Crippen molar-refractivity contribution in [1.29, 1.82) is 0 Å². The normalized spacial score (nSPS) is 16.7. The number of carbonyl (C=O) groups excluding carboxylic acids is 1. The molecule has 1 aliphatic rings. The molecular weight excluding hydrogens is 352 g/mol. The van der Waals surface area contributed by atoms with Crippen molar-refractivity contribution in [3.8, 4) is 0 Å². The Labute approximate surface area is 85.7 Å². The van der Waals surface area contributed by atoms with Gasteiger partial charge in [-0.3, -0.25) is 4.79 Å². The number of likely N-dealkylation sites (tertiary alicyclic amines) is 1. The zero-order valence-electron chi connectivity index (χ0n) is 6.26. The van der Waals surface area contributed by atoms with Gasteiger partial charge in [0.05, 0.1) is 0 Å². The third kappa shape index (κ3) is 2.64. The van der Waals surface area contributed by atoms with E-state index in [1.54, 1.807) is 0 Å². The van der Waals surface area contributed by atoms with Gasteiger partial charge in [0.2, 0.25) is 0 Å². The summed E-state index contributed by atoms with van der Waals surface area (Å²) in [6.45, 7) is 4.83. The number of amides is 1. The van der Waals surface area contributed by atoms with E-state index in [-0.39, 0.29) is 37.0 Å². The molecule has 0 radical (unpaired) electrons. The van der Waals surface area contributed by atoms with Gasteiger partial charge in [0.1, 0.15) is 0 Å². The smallest absolute Gasteiger partial charge is 0.193 e. The fraction of sp³-hybridized carbons (Fsp3) is 0.714. The Morgan fingerprint density at radius 1 is 1.70 bits per heavy atom. The van der Waals surface area contributed by atoms with Crippen LogP contribution in [0.1, 0.15) is 26.2 Å². The van der Waals surface area contributed by atoms with E-state index >= 15 is 0 Å². The molecule has 0 N–H and O–H groups in total. The Morgan fingerprint density at radius 2 is 2.40 bits per heavy atom. The molecule has 0 aromatic rings. The number of carbonyl (C=O) groups is 1. The third-order valence-electron chi connectivity index (χ3n) is 1.58. The van der Waals surface area contributed by atoms with Crippen molar-refractivity contribution in [3.05, 3.63) is 6.54 Å². The van der Waals surface area contributed by atoms with Crippen molar-refractivity contribution < 1.29 is 35.9 Å². The molecular formula is C7H12NOU-. The van der Waals surface area contributed by atoms with E-state index in [9.17, 15) is 4.79 Å². The van der Waals surface area contributed by atoms with Crippen LogP contribution < -0.4 is 0 Å². The van der Waals surface area contributed by atoms with Crippen LogP contribution in [0.4, 0.5) is 0 Å². The largest absolute Gasteiger partial charge is 0.493 e. The van der Waals surface area contributed by atoms with E-state index in [2.05, 4.69) is 0 Å². The average Bonchev–Trinajstić information content (AvgIpc) is 2.37. The van der Waals surface area contributed by atoms with Crippen LogP contribution in [-0.4, -0.2) is 17.4 Å². The molecule has 0 unspecified atom stereocenters. The van der Waals surface area contributed by atoms with Crippen molar-refractivity contribution >= 4 is 5.91 Å². The SMILES string of the molecule is CCC(=O)N1[CH-]CCC1.[U]. The van der Waals surface area contributed by atoms with Crippen molar-refractivity contribution in [3.63, 3.8) is 0 Å². The summed E-state index contributed by atoms with van der Waals surface area (Å²) in [5.74, 6) is 0.257. The van der Waals surface area contributed by atoms with Gasteiger partial charge in [-0.1, -0.05) is 13.3 Å².